The van der Waals surface area contributed by atoms with E-state index in [1.54, 1.807) is 23.1 Å². The standard InChI is InChI=1S/C29H24F2N10O/c1-39-23(25(30)31)15-22(38-39)29(42)36-20-8-5-16-14-17(6-7-18(16)20)41-27(19-4-2-11-33-26(19)32)35-21-9-10-24(37-28(21)41)40-13-3-12-34-40/h2-4,6-7,9-15,20,25H,5,8H2,1H3,(H2,32,33)(H,36,42)/t20-/m0/s1. The molecule has 0 saturated carbocycles. The molecule has 0 unspecified atom stereocenters. The number of hydrogen-bond acceptors (Lipinski definition) is 7. The summed E-state index contributed by atoms with van der Waals surface area (Å²) in [5, 5.41) is 11.2. The molecule has 1 aromatic carbocycles. The predicted molar refractivity (Wildman–Crippen MR) is 150 cm³/mol. The van der Waals surface area contributed by atoms with E-state index in [0.717, 1.165) is 27.6 Å². The summed E-state index contributed by atoms with van der Waals surface area (Å²) in [5.74, 6) is 1.07. The number of nitrogens with zero attached hydrogens (tertiary/aromatic N) is 8. The molecule has 5 heterocycles. The molecule has 6 aromatic rings. The monoisotopic (exact) mass is 566 g/mol. The lowest BCUT2D eigenvalue weighted by atomic mass is 10.1. The number of nitrogen functional groups attached to an aromatic ring is 1. The highest BCUT2D eigenvalue weighted by Gasteiger charge is 2.28. The summed E-state index contributed by atoms with van der Waals surface area (Å²) < 4.78 is 31.0. The summed E-state index contributed by atoms with van der Waals surface area (Å²) in [6.07, 6.45) is 3.79. The van der Waals surface area contributed by atoms with Crippen molar-refractivity contribution in [2.24, 2.45) is 7.05 Å². The van der Waals surface area contributed by atoms with E-state index in [-0.39, 0.29) is 17.4 Å². The number of nitrogens with two attached hydrogens (primary N) is 1. The molecule has 7 rings (SSSR count). The van der Waals surface area contributed by atoms with Crippen molar-refractivity contribution in [1.82, 2.24) is 44.4 Å². The van der Waals surface area contributed by atoms with Crippen LogP contribution in [0.1, 0.15) is 46.2 Å². The summed E-state index contributed by atoms with van der Waals surface area (Å²) in [6, 6.07) is 16.0. The molecule has 5 aromatic heterocycles. The summed E-state index contributed by atoms with van der Waals surface area (Å²) in [6.45, 7) is 0. The molecule has 0 fully saturated rings. The number of aromatic nitrogens is 8. The van der Waals surface area contributed by atoms with Crippen LogP contribution in [-0.4, -0.2) is 45.0 Å². The van der Waals surface area contributed by atoms with Crippen molar-refractivity contribution < 1.29 is 13.6 Å². The van der Waals surface area contributed by atoms with Gasteiger partial charge in [0.25, 0.3) is 12.3 Å². The molecule has 1 atom stereocenters. The van der Waals surface area contributed by atoms with E-state index >= 15 is 0 Å². The largest absolute Gasteiger partial charge is 0.383 e. The summed E-state index contributed by atoms with van der Waals surface area (Å²) in [5.41, 5.74) is 10.7. The molecule has 11 nitrogen and oxygen atoms in total. The van der Waals surface area contributed by atoms with Gasteiger partial charge in [-0.15, -0.1) is 0 Å². The molecule has 1 aliphatic rings. The molecule has 0 radical (unpaired) electrons. The average molecular weight is 567 g/mol. The number of amides is 1. The number of benzene rings is 1. The highest BCUT2D eigenvalue weighted by atomic mass is 19.3. The van der Waals surface area contributed by atoms with Crippen LogP contribution in [0.15, 0.2) is 73.2 Å². The fourth-order valence-corrected chi connectivity index (χ4v) is 5.43. The first-order valence-corrected chi connectivity index (χ1v) is 13.2. The summed E-state index contributed by atoms with van der Waals surface area (Å²) in [4.78, 5) is 26.9. The number of anilines is 1. The van der Waals surface area contributed by atoms with Crippen molar-refractivity contribution in [1.29, 1.82) is 0 Å². The fraction of sp³-hybridized carbons (Fsp3) is 0.172. The van der Waals surface area contributed by atoms with Crippen LogP contribution in [0.3, 0.4) is 0 Å². The Morgan fingerprint density at radius 3 is 2.74 bits per heavy atom. The molecule has 3 N–H and O–H groups in total. The zero-order valence-electron chi connectivity index (χ0n) is 22.3. The number of hydrogen-bond donors (Lipinski definition) is 2. The minimum absolute atomic E-state index is 0.0412. The van der Waals surface area contributed by atoms with Crippen molar-refractivity contribution in [3.05, 3.63) is 95.7 Å². The van der Waals surface area contributed by atoms with Gasteiger partial charge in [-0.1, -0.05) is 6.07 Å². The Kier molecular flexibility index (Phi) is 5.99. The van der Waals surface area contributed by atoms with Crippen LogP contribution >= 0.6 is 0 Å². The SMILES string of the molecule is Cn1nc(C(=O)N[C@H]2CCc3cc(-n4c(-c5cccnc5N)nc5ccc(-n6cccn6)nc54)ccc32)cc1C(F)F. The highest BCUT2D eigenvalue weighted by molar-refractivity contribution is 5.92. The molecule has 0 spiro atoms. The van der Waals surface area contributed by atoms with Gasteiger partial charge in [0.1, 0.15) is 17.0 Å². The van der Waals surface area contributed by atoms with E-state index in [9.17, 15) is 13.6 Å². The van der Waals surface area contributed by atoms with E-state index in [4.69, 9.17) is 15.7 Å². The maximum absolute atomic E-state index is 13.2. The van der Waals surface area contributed by atoms with Gasteiger partial charge in [0.2, 0.25) is 0 Å². The van der Waals surface area contributed by atoms with E-state index in [0.29, 0.717) is 47.0 Å². The van der Waals surface area contributed by atoms with Crippen LogP contribution in [0.2, 0.25) is 0 Å². The van der Waals surface area contributed by atoms with Crippen LogP contribution in [0.4, 0.5) is 14.6 Å². The van der Waals surface area contributed by atoms with Gasteiger partial charge in [0.05, 0.1) is 11.6 Å². The molecule has 210 valence electrons. The van der Waals surface area contributed by atoms with Crippen molar-refractivity contribution in [3.63, 3.8) is 0 Å². The Morgan fingerprint density at radius 2 is 1.98 bits per heavy atom. The van der Waals surface area contributed by atoms with E-state index in [2.05, 4.69) is 26.6 Å². The van der Waals surface area contributed by atoms with Crippen LogP contribution in [0.25, 0.3) is 34.1 Å². The van der Waals surface area contributed by atoms with Crippen LogP contribution < -0.4 is 11.1 Å². The van der Waals surface area contributed by atoms with Crippen molar-refractivity contribution >= 4 is 22.9 Å². The quantitative estimate of drug-likeness (QED) is 0.306. The molecule has 0 aliphatic heterocycles. The first-order chi connectivity index (χ1) is 20.4. The molecule has 13 heteroatoms. The van der Waals surface area contributed by atoms with Gasteiger partial charge < -0.3 is 11.1 Å². The third kappa shape index (κ3) is 4.26. The first kappa shape index (κ1) is 25.5. The lowest BCUT2D eigenvalue weighted by Crippen LogP contribution is -2.27. The lowest BCUT2D eigenvalue weighted by Gasteiger charge is -2.15. The minimum atomic E-state index is -2.72. The zero-order chi connectivity index (χ0) is 29.0. The molecular weight excluding hydrogens is 542 g/mol. The van der Waals surface area contributed by atoms with Crippen LogP contribution in [0.5, 0.6) is 0 Å². The maximum atomic E-state index is 13.2. The second-order valence-corrected chi connectivity index (χ2v) is 10.00. The van der Waals surface area contributed by atoms with E-state index in [1.807, 2.05) is 47.2 Å². The van der Waals surface area contributed by atoms with Gasteiger partial charge in [-0.25, -0.2) is 28.4 Å². The molecule has 42 heavy (non-hydrogen) atoms. The zero-order valence-corrected chi connectivity index (χ0v) is 22.3. The average Bonchev–Trinajstić information content (AvgIpc) is 3.78. The number of aryl methyl sites for hydroxylation is 2. The topological polar surface area (TPSA) is 134 Å². The molecule has 1 amide bonds. The van der Waals surface area contributed by atoms with Gasteiger partial charge in [0, 0.05) is 31.3 Å². The normalized spacial score (nSPS) is 14.5. The molecule has 1 aliphatic carbocycles. The number of nitrogens with one attached hydrogen (secondary N) is 1. The van der Waals surface area contributed by atoms with Gasteiger partial charge in [-0.05, 0) is 72.5 Å². The number of carbonyl (C=O) groups is 1. The summed E-state index contributed by atoms with van der Waals surface area (Å²) in [7, 11) is 1.39. The Balaban J connectivity index is 1.28. The van der Waals surface area contributed by atoms with Crippen LogP contribution in [0, 0.1) is 0 Å². The number of fused-ring (bicyclic) bond motifs is 2. The number of rotatable bonds is 6. The van der Waals surface area contributed by atoms with Gasteiger partial charge in [0.15, 0.2) is 23.0 Å². The van der Waals surface area contributed by atoms with E-state index in [1.165, 1.54) is 7.05 Å². The third-order valence-electron chi connectivity index (χ3n) is 7.45. The number of pyridine rings is 2. The lowest BCUT2D eigenvalue weighted by molar-refractivity contribution is 0.0931. The predicted octanol–water partition coefficient (Wildman–Crippen LogP) is 4.34. The Labute approximate surface area is 237 Å². The maximum Gasteiger partial charge on any atom is 0.280 e. The smallest absolute Gasteiger partial charge is 0.280 e. The van der Waals surface area contributed by atoms with Gasteiger partial charge in [-0.2, -0.15) is 10.2 Å². The van der Waals surface area contributed by atoms with Crippen LogP contribution in [-0.2, 0) is 13.5 Å². The second-order valence-electron chi connectivity index (χ2n) is 10.00. The number of alkyl halides is 2. The number of carbonyl (C=O) groups excluding carboxylic acids is 1. The molecular formula is C29H24F2N10O. The Morgan fingerprint density at radius 1 is 1.10 bits per heavy atom. The Bertz CT molecular complexity index is 1960. The van der Waals surface area contributed by atoms with Crippen molar-refractivity contribution in [3.8, 4) is 22.9 Å². The highest BCUT2D eigenvalue weighted by Crippen LogP contribution is 2.36. The Hall–Kier alpha value is -5.46. The molecule has 0 saturated heterocycles. The second kappa shape index (κ2) is 9.87. The van der Waals surface area contributed by atoms with Gasteiger partial charge >= 0.3 is 0 Å². The van der Waals surface area contributed by atoms with Gasteiger partial charge in [-0.3, -0.25) is 14.0 Å². The summed E-state index contributed by atoms with van der Waals surface area (Å²) >= 11 is 0. The first-order valence-electron chi connectivity index (χ1n) is 13.2. The van der Waals surface area contributed by atoms with Crippen molar-refractivity contribution in [2.45, 2.75) is 25.3 Å². The fourth-order valence-electron chi connectivity index (χ4n) is 5.43. The number of imidazole rings is 1. The minimum Gasteiger partial charge on any atom is -0.383 e. The van der Waals surface area contributed by atoms with E-state index < -0.39 is 12.3 Å². The molecule has 0 bridgehead atoms. The third-order valence-corrected chi connectivity index (χ3v) is 7.45. The van der Waals surface area contributed by atoms with Crippen molar-refractivity contribution in [2.75, 3.05) is 5.73 Å². The number of halogens is 2.